The third-order valence-electron chi connectivity index (χ3n) is 7.99. The summed E-state index contributed by atoms with van der Waals surface area (Å²) in [7, 11) is -1.77. The monoisotopic (exact) mass is 531 g/mol. The van der Waals surface area contributed by atoms with Gasteiger partial charge < -0.3 is 0 Å². The Kier molecular flexibility index (Phi) is 8.64. The van der Waals surface area contributed by atoms with Crippen molar-refractivity contribution in [1.29, 1.82) is 0 Å². The molecule has 39 heavy (non-hydrogen) atoms. The van der Waals surface area contributed by atoms with Crippen LogP contribution in [-0.4, -0.2) is 17.7 Å². The second-order valence-corrected chi connectivity index (χ2v) is 14.0. The van der Waals surface area contributed by atoms with E-state index in [0.717, 1.165) is 38.3 Å². The molecule has 0 saturated carbocycles. The maximum atomic E-state index is 13.0. The highest BCUT2D eigenvalue weighted by molar-refractivity contribution is 7.95. The third kappa shape index (κ3) is 5.58. The van der Waals surface area contributed by atoms with Gasteiger partial charge in [-0.3, -0.25) is 9.59 Å². The van der Waals surface area contributed by atoms with E-state index < -0.39 is 7.26 Å². The molecule has 0 heterocycles. The molecule has 0 N–H and O–H groups in total. The fourth-order valence-electron chi connectivity index (χ4n) is 5.92. The van der Waals surface area contributed by atoms with Crippen LogP contribution in [0.3, 0.4) is 0 Å². The van der Waals surface area contributed by atoms with E-state index in [-0.39, 0.29) is 11.6 Å². The van der Waals surface area contributed by atoms with Gasteiger partial charge in [0.25, 0.3) is 0 Å². The number of rotatable bonds is 11. The maximum absolute atomic E-state index is 13.0. The van der Waals surface area contributed by atoms with Gasteiger partial charge in [-0.2, -0.15) is 0 Å². The van der Waals surface area contributed by atoms with Crippen molar-refractivity contribution >= 4 is 34.7 Å². The molecule has 2 nitrogen and oxygen atoms in total. The standard InChI is InChI=1S/C36H36O2P/c1-28-32(36(38)34-26-16-15-25-33(34)35(28)37)24-14-3-2-4-17-27-39(29-18-8-5-9-19-29,30-20-10-6-11-21-30)31-22-12-7-13-23-31/h5-13,15-16,18-23,25-26H,2-4,14,17,24,27H2,1H3/q+1. The van der Waals surface area contributed by atoms with Gasteiger partial charge in [0.2, 0.25) is 0 Å². The van der Waals surface area contributed by atoms with Gasteiger partial charge in [0.15, 0.2) is 11.6 Å². The summed E-state index contributed by atoms with van der Waals surface area (Å²) < 4.78 is 0. The van der Waals surface area contributed by atoms with E-state index in [1.165, 1.54) is 15.9 Å². The minimum absolute atomic E-state index is 0.00300. The van der Waals surface area contributed by atoms with Crippen LogP contribution in [0.15, 0.2) is 126 Å². The van der Waals surface area contributed by atoms with E-state index in [2.05, 4.69) is 91.0 Å². The second-order valence-electron chi connectivity index (χ2n) is 10.4. The topological polar surface area (TPSA) is 34.1 Å². The highest BCUT2D eigenvalue weighted by Crippen LogP contribution is 2.56. The Morgan fingerprint density at radius 1 is 0.487 bits per heavy atom. The third-order valence-corrected chi connectivity index (χ3v) is 12.5. The summed E-state index contributed by atoms with van der Waals surface area (Å²) in [6.07, 6.45) is 7.25. The smallest absolute Gasteiger partial charge is 0.190 e. The fraction of sp³-hybridized carbons (Fsp3) is 0.222. The van der Waals surface area contributed by atoms with Crippen molar-refractivity contribution in [3.05, 3.63) is 138 Å². The number of unbranched alkanes of at least 4 members (excludes halogenated alkanes) is 4. The lowest BCUT2D eigenvalue weighted by atomic mass is 9.82. The number of carbonyl (C=O) groups is 2. The van der Waals surface area contributed by atoms with Crippen molar-refractivity contribution in [3.8, 4) is 0 Å². The second kappa shape index (κ2) is 12.5. The molecule has 196 valence electrons. The van der Waals surface area contributed by atoms with Crippen molar-refractivity contribution < 1.29 is 9.59 Å². The van der Waals surface area contributed by atoms with Crippen LogP contribution in [0.1, 0.15) is 66.2 Å². The van der Waals surface area contributed by atoms with E-state index in [1.54, 1.807) is 12.1 Å². The van der Waals surface area contributed by atoms with E-state index in [4.69, 9.17) is 0 Å². The summed E-state index contributed by atoms with van der Waals surface area (Å²) in [5.41, 5.74) is 2.44. The molecule has 4 aromatic rings. The highest BCUT2D eigenvalue weighted by atomic mass is 31.2. The molecule has 0 bridgehead atoms. The summed E-state index contributed by atoms with van der Waals surface area (Å²) >= 11 is 0. The van der Waals surface area contributed by atoms with Crippen LogP contribution in [0.2, 0.25) is 0 Å². The van der Waals surface area contributed by atoms with Crippen LogP contribution in [-0.2, 0) is 0 Å². The largest absolute Gasteiger partial charge is 0.289 e. The zero-order valence-electron chi connectivity index (χ0n) is 22.7. The van der Waals surface area contributed by atoms with Crippen LogP contribution >= 0.6 is 7.26 Å². The van der Waals surface area contributed by atoms with E-state index >= 15 is 0 Å². The number of allylic oxidation sites excluding steroid dienone is 2. The van der Waals surface area contributed by atoms with Gasteiger partial charge >= 0.3 is 0 Å². The summed E-state index contributed by atoms with van der Waals surface area (Å²) in [5.74, 6) is 0.0362. The molecule has 5 rings (SSSR count). The molecule has 1 aliphatic carbocycles. The predicted molar refractivity (Wildman–Crippen MR) is 166 cm³/mol. The summed E-state index contributed by atoms with van der Waals surface area (Å²) in [5, 5.41) is 4.31. The van der Waals surface area contributed by atoms with Gasteiger partial charge in [-0.25, -0.2) is 0 Å². The summed E-state index contributed by atoms with van der Waals surface area (Å²) in [6.45, 7) is 1.81. The van der Waals surface area contributed by atoms with E-state index in [1.807, 2.05) is 19.1 Å². The fourth-order valence-corrected chi connectivity index (χ4v) is 10.3. The Morgan fingerprint density at radius 3 is 1.41 bits per heavy atom. The molecule has 0 radical (unpaired) electrons. The lowest BCUT2D eigenvalue weighted by Gasteiger charge is -2.27. The first kappa shape index (κ1) is 27.0. The highest BCUT2D eigenvalue weighted by Gasteiger charge is 2.44. The summed E-state index contributed by atoms with van der Waals surface area (Å²) in [4.78, 5) is 25.8. The molecule has 0 amide bonds. The minimum Gasteiger partial charge on any atom is -0.289 e. The van der Waals surface area contributed by atoms with E-state index in [0.29, 0.717) is 28.7 Å². The quantitative estimate of drug-likeness (QED) is 0.147. The van der Waals surface area contributed by atoms with Gasteiger partial charge in [0.05, 0.1) is 6.16 Å². The first-order valence-electron chi connectivity index (χ1n) is 14.1. The molecule has 0 unspecified atom stereocenters. The Bertz CT molecular complexity index is 1360. The number of Topliss-reactive ketones (excluding diaryl/α,β-unsaturated/α-hetero) is 2. The van der Waals surface area contributed by atoms with Gasteiger partial charge in [-0.15, -0.1) is 0 Å². The molecular weight excluding hydrogens is 495 g/mol. The van der Waals surface area contributed by atoms with Crippen LogP contribution in [0.5, 0.6) is 0 Å². The SMILES string of the molecule is CC1=C(CCCCCCC[P+](c2ccccc2)(c2ccccc2)c2ccccc2)C(=O)c2ccccc2C1=O. The molecule has 3 heteroatoms. The number of hydrogen-bond donors (Lipinski definition) is 0. The molecule has 0 spiro atoms. The molecule has 0 atom stereocenters. The van der Waals surface area contributed by atoms with Crippen LogP contribution < -0.4 is 15.9 Å². The van der Waals surface area contributed by atoms with Crippen molar-refractivity contribution in [2.45, 2.75) is 45.4 Å². The number of fused-ring (bicyclic) bond motifs is 1. The Morgan fingerprint density at radius 2 is 0.897 bits per heavy atom. The number of ketones is 2. The van der Waals surface area contributed by atoms with Gasteiger partial charge in [0.1, 0.15) is 23.2 Å². The van der Waals surface area contributed by atoms with Crippen molar-refractivity contribution in [2.75, 3.05) is 6.16 Å². The van der Waals surface area contributed by atoms with Gasteiger partial charge in [-0.1, -0.05) is 91.7 Å². The Labute approximate surface area is 233 Å². The lowest BCUT2D eigenvalue weighted by molar-refractivity contribution is 0.0971. The zero-order chi connectivity index (χ0) is 27.1. The van der Waals surface area contributed by atoms with Gasteiger partial charge in [0, 0.05) is 22.3 Å². The van der Waals surface area contributed by atoms with E-state index in [9.17, 15) is 9.59 Å². The summed E-state index contributed by atoms with van der Waals surface area (Å²) in [6, 6.07) is 40.4. The average Bonchev–Trinajstić information content (AvgIpc) is 3.00. The lowest BCUT2D eigenvalue weighted by Crippen LogP contribution is -2.33. The molecule has 0 saturated heterocycles. The first-order valence-corrected chi connectivity index (χ1v) is 16.0. The predicted octanol–water partition coefficient (Wildman–Crippen LogP) is 7.72. The van der Waals surface area contributed by atoms with Crippen LogP contribution in [0, 0.1) is 0 Å². The number of carbonyl (C=O) groups excluding carboxylic acids is 2. The van der Waals surface area contributed by atoms with Crippen molar-refractivity contribution in [1.82, 2.24) is 0 Å². The van der Waals surface area contributed by atoms with Crippen LogP contribution in [0.25, 0.3) is 0 Å². The van der Waals surface area contributed by atoms with Gasteiger partial charge in [-0.05, 0) is 69.0 Å². The molecule has 4 aromatic carbocycles. The van der Waals surface area contributed by atoms with Crippen molar-refractivity contribution in [3.63, 3.8) is 0 Å². The normalized spacial score (nSPS) is 13.5. The number of hydrogen-bond acceptors (Lipinski definition) is 2. The molecule has 1 aliphatic rings. The zero-order valence-corrected chi connectivity index (χ0v) is 23.6. The van der Waals surface area contributed by atoms with Crippen LogP contribution in [0.4, 0.5) is 0 Å². The van der Waals surface area contributed by atoms with Crippen molar-refractivity contribution in [2.24, 2.45) is 0 Å². The maximum Gasteiger partial charge on any atom is 0.190 e. The molecule has 0 aliphatic heterocycles. The average molecular weight is 532 g/mol. The Balaban J connectivity index is 1.24. The molecule has 0 fully saturated rings. The molecular formula is C36H36O2P+. The minimum atomic E-state index is -1.77. The first-order chi connectivity index (χ1) is 19.1. The number of benzene rings is 4. The Hall–Kier alpha value is -3.61. The molecule has 0 aromatic heterocycles.